The minimum Gasteiger partial charge on any atom is -0.379 e. The zero-order chi connectivity index (χ0) is 17.8. The van der Waals surface area contributed by atoms with Crippen molar-refractivity contribution in [2.75, 3.05) is 32.8 Å². The summed E-state index contributed by atoms with van der Waals surface area (Å²) in [5.41, 5.74) is 1.81. The first-order valence-electron chi connectivity index (χ1n) is 8.78. The van der Waals surface area contributed by atoms with Crippen LogP contribution in [0.4, 0.5) is 0 Å². The molecular formula is C20H21N3O2S. The Kier molecular flexibility index (Phi) is 5.24. The van der Waals surface area contributed by atoms with E-state index in [1.165, 1.54) is 4.70 Å². The molecule has 1 amide bonds. The summed E-state index contributed by atoms with van der Waals surface area (Å²) in [5.74, 6) is -0.0414. The zero-order valence-electron chi connectivity index (χ0n) is 14.4. The SMILES string of the molecule is O=C(NCC(c1cccnc1)N1CCOCC1)c1ccc2sccc2c1. The van der Waals surface area contributed by atoms with Gasteiger partial charge in [0.05, 0.1) is 19.3 Å². The molecule has 1 aliphatic rings. The van der Waals surface area contributed by atoms with Crippen LogP contribution < -0.4 is 5.32 Å². The maximum absolute atomic E-state index is 12.7. The maximum Gasteiger partial charge on any atom is 0.251 e. The molecule has 6 heteroatoms. The number of nitrogens with one attached hydrogen (secondary N) is 1. The van der Waals surface area contributed by atoms with Gasteiger partial charge in [-0.15, -0.1) is 11.3 Å². The van der Waals surface area contributed by atoms with Crippen LogP contribution in [-0.4, -0.2) is 48.6 Å². The summed E-state index contributed by atoms with van der Waals surface area (Å²) in [6.45, 7) is 3.71. The molecule has 1 atom stereocenters. The number of thiophene rings is 1. The van der Waals surface area contributed by atoms with Gasteiger partial charge in [0.15, 0.2) is 0 Å². The fourth-order valence-corrected chi connectivity index (χ4v) is 4.09. The van der Waals surface area contributed by atoms with Gasteiger partial charge in [-0.05, 0) is 46.7 Å². The van der Waals surface area contributed by atoms with E-state index in [0.29, 0.717) is 12.1 Å². The van der Waals surface area contributed by atoms with E-state index in [1.807, 2.05) is 41.9 Å². The standard InChI is InChI=1S/C20H21N3O2S/c24-20(16-3-4-19-15(12-16)5-11-26-19)22-14-18(17-2-1-6-21-13-17)23-7-9-25-10-8-23/h1-6,11-13,18H,7-10,14H2,(H,22,24). The van der Waals surface area contributed by atoms with Gasteiger partial charge in [-0.1, -0.05) is 6.07 Å². The zero-order valence-corrected chi connectivity index (χ0v) is 15.2. The second kappa shape index (κ2) is 7.95. The number of pyridine rings is 1. The highest BCUT2D eigenvalue weighted by molar-refractivity contribution is 7.17. The number of benzene rings is 1. The van der Waals surface area contributed by atoms with Crippen molar-refractivity contribution in [2.45, 2.75) is 6.04 Å². The molecule has 1 saturated heterocycles. The van der Waals surface area contributed by atoms with Crippen molar-refractivity contribution in [2.24, 2.45) is 0 Å². The van der Waals surface area contributed by atoms with E-state index >= 15 is 0 Å². The van der Waals surface area contributed by atoms with Crippen LogP contribution in [0.2, 0.25) is 0 Å². The minimum absolute atomic E-state index is 0.0414. The van der Waals surface area contributed by atoms with E-state index in [0.717, 1.165) is 37.3 Å². The Morgan fingerprint density at radius 3 is 2.96 bits per heavy atom. The van der Waals surface area contributed by atoms with Gasteiger partial charge in [0.25, 0.3) is 5.91 Å². The summed E-state index contributed by atoms with van der Waals surface area (Å²) >= 11 is 1.68. The van der Waals surface area contributed by atoms with Crippen molar-refractivity contribution in [3.8, 4) is 0 Å². The van der Waals surface area contributed by atoms with E-state index in [-0.39, 0.29) is 11.9 Å². The number of carbonyl (C=O) groups is 1. The second-order valence-corrected chi connectivity index (χ2v) is 7.28. The Balaban J connectivity index is 1.49. The van der Waals surface area contributed by atoms with Gasteiger partial charge in [0, 0.05) is 42.3 Å². The van der Waals surface area contributed by atoms with Crippen LogP contribution in [0.5, 0.6) is 0 Å². The van der Waals surface area contributed by atoms with Gasteiger partial charge >= 0.3 is 0 Å². The van der Waals surface area contributed by atoms with Gasteiger partial charge in [-0.25, -0.2) is 0 Å². The summed E-state index contributed by atoms with van der Waals surface area (Å²) in [6.07, 6.45) is 3.65. The van der Waals surface area contributed by atoms with E-state index in [4.69, 9.17) is 4.74 Å². The lowest BCUT2D eigenvalue weighted by Gasteiger charge is -2.34. The number of nitrogens with zero attached hydrogens (tertiary/aromatic N) is 2. The molecule has 1 aliphatic heterocycles. The van der Waals surface area contributed by atoms with Gasteiger partial charge in [-0.3, -0.25) is 14.7 Å². The molecule has 0 radical (unpaired) electrons. The predicted molar refractivity (Wildman–Crippen MR) is 104 cm³/mol. The number of carbonyl (C=O) groups excluding carboxylic acids is 1. The summed E-state index contributed by atoms with van der Waals surface area (Å²) < 4.78 is 6.67. The van der Waals surface area contributed by atoms with Crippen LogP contribution in [0, 0.1) is 0 Å². The maximum atomic E-state index is 12.7. The highest BCUT2D eigenvalue weighted by atomic mass is 32.1. The third-order valence-corrected chi connectivity index (χ3v) is 5.62. The third kappa shape index (κ3) is 3.77. The molecular weight excluding hydrogens is 346 g/mol. The van der Waals surface area contributed by atoms with Crippen LogP contribution in [0.15, 0.2) is 54.2 Å². The molecule has 0 aliphatic carbocycles. The van der Waals surface area contributed by atoms with Crippen molar-refractivity contribution >= 4 is 27.3 Å². The largest absolute Gasteiger partial charge is 0.379 e. The van der Waals surface area contributed by atoms with Crippen LogP contribution in [0.1, 0.15) is 22.0 Å². The fraction of sp³-hybridized carbons (Fsp3) is 0.300. The summed E-state index contributed by atoms with van der Waals surface area (Å²) in [5, 5.41) is 6.26. The van der Waals surface area contributed by atoms with Gasteiger partial charge in [0.2, 0.25) is 0 Å². The lowest BCUT2D eigenvalue weighted by atomic mass is 10.1. The number of fused-ring (bicyclic) bond motifs is 1. The van der Waals surface area contributed by atoms with Crippen LogP contribution in [-0.2, 0) is 4.74 Å². The third-order valence-electron chi connectivity index (χ3n) is 4.73. The Bertz CT molecular complexity index is 875. The smallest absolute Gasteiger partial charge is 0.251 e. The normalized spacial score (nSPS) is 16.5. The van der Waals surface area contributed by atoms with Crippen LogP contribution >= 0.6 is 11.3 Å². The molecule has 134 valence electrons. The molecule has 0 saturated carbocycles. The Morgan fingerprint density at radius 2 is 2.15 bits per heavy atom. The molecule has 5 nitrogen and oxygen atoms in total. The second-order valence-electron chi connectivity index (χ2n) is 6.33. The number of hydrogen-bond acceptors (Lipinski definition) is 5. The van der Waals surface area contributed by atoms with Crippen molar-refractivity contribution in [1.29, 1.82) is 0 Å². The van der Waals surface area contributed by atoms with Crippen molar-refractivity contribution in [1.82, 2.24) is 15.2 Å². The quantitative estimate of drug-likeness (QED) is 0.753. The number of ether oxygens (including phenoxy) is 1. The van der Waals surface area contributed by atoms with Crippen molar-refractivity contribution < 1.29 is 9.53 Å². The predicted octanol–water partition coefficient (Wildman–Crippen LogP) is 3.10. The molecule has 26 heavy (non-hydrogen) atoms. The first kappa shape index (κ1) is 17.1. The average molecular weight is 367 g/mol. The fourth-order valence-electron chi connectivity index (χ4n) is 3.32. The highest BCUT2D eigenvalue weighted by Crippen LogP contribution is 2.23. The van der Waals surface area contributed by atoms with E-state index < -0.39 is 0 Å². The molecule has 4 rings (SSSR count). The topological polar surface area (TPSA) is 54.5 Å². The number of aromatic nitrogens is 1. The Morgan fingerprint density at radius 1 is 1.27 bits per heavy atom. The van der Waals surface area contributed by atoms with Gasteiger partial charge in [-0.2, -0.15) is 0 Å². The Hall–Kier alpha value is -2.28. The molecule has 1 fully saturated rings. The van der Waals surface area contributed by atoms with E-state index in [1.54, 1.807) is 17.5 Å². The first-order valence-corrected chi connectivity index (χ1v) is 9.66. The van der Waals surface area contributed by atoms with Crippen LogP contribution in [0.3, 0.4) is 0 Å². The van der Waals surface area contributed by atoms with Gasteiger partial charge < -0.3 is 10.1 Å². The molecule has 0 spiro atoms. The van der Waals surface area contributed by atoms with E-state index in [2.05, 4.69) is 21.3 Å². The number of morpholine rings is 1. The number of hydrogen-bond donors (Lipinski definition) is 1. The highest BCUT2D eigenvalue weighted by Gasteiger charge is 2.23. The molecule has 2 aromatic heterocycles. The Labute approximate surface area is 156 Å². The molecule has 1 unspecified atom stereocenters. The monoisotopic (exact) mass is 367 g/mol. The summed E-state index contributed by atoms with van der Waals surface area (Å²) in [4.78, 5) is 19.3. The molecule has 1 aromatic carbocycles. The number of amides is 1. The summed E-state index contributed by atoms with van der Waals surface area (Å²) in [6, 6.07) is 12.0. The summed E-state index contributed by atoms with van der Waals surface area (Å²) in [7, 11) is 0. The van der Waals surface area contributed by atoms with Crippen molar-refractivity contribution in [3.05, 3.63) is 65.3 Å². The molecule has 3 heterocycles. The lowest BCUT2D eigenvalue weighted by molar-refractivity contribution is 0.0161. The number of rotatable bonds is 5. The minimum atomic E-state index is -0.0414. The molecule has 1 N–H and O–H groups in total. The molecule has 3 aromatic rings. The molecule has 0 bridgehead atoms. The average Bonchev–Trinajstić information content (AvgIpc) is 3.17. The van der Waals surface area contributed by atoms with Crippen molar-refractivity contribution in [3.63, 3.8) is 0 Å². The first-order chi connectivity index (χ1) is 12.8. The van der Waals surface area contributed by atoms with Crippen LogP contribution in [0.25, 0.3) is 10.1 Å². The lowest BCUT2D eigenvalue weighted by Crippen LogP contribution is -2.43. The van der Waals surface area contributed by atoms with E-state index in [9.17, 15) is 4.79 Å². The van der Waals surface area contributed by atoms with Gasteiger partial charge in [0.1, 0.15) is 0 Å².